The van der Waals surface area contributed by atoms with Crippen molar-refractivity contribution in [2.24, 2.45) is 0 Å². The van der Waals surface area contributed by atoms with E-state index in [1.54, 1.807) is 6.33 Å². The van der Waals surface area contributed by atoms with Crippen LogP contribution in [0.5, 0.6) is 0 Å². The lowest BCUT2D eigenvalue weighted by Crippen LogP contribution is -2.27. The molecule has 0 bridgehead atoms. The highest BCUT2D eigenvalue weighted by molar-refractivity contribution is 7.51. The molecule has 0 radical (unpaired) electrons. The number of fused-ring (bicyclic) bond motifs is 1. The Labute approximate surface area is 160 Å². The zero-order valence-electron chi connectivity index (χ0n) is 14.5. The minimum atomic E-state index is -4.17. The Morgan fingerprint density at radius 1 is 1.33 bits per heavy atom. The van der Waals surface area contributed by atoms with Crippen LogP contribution in [0, 0.1) is 0 Å². The molecule has 0 spiro atoms. The lowest BCUT2D eigenvalue weighted by Gasteiger charge is -2.26. The summed E-state index contributed by atoms with van der Waals surface area (Å²) in [5.41, 5.74) is 1.25. The highest BCUT2D eigenvalue weighted by Crippen LogP contribution is 2.36. The van der Waals surface area contributed by atoms with Gasteiger partial charge in [-0.05, 0) is 43.7 Å². The first kappa shape index (κ1) is 19.0. The average molecular weight is 418 g/mol. The van der Waals surface area contributed by atoms with E-state index in [4.69, 9.17) is 30.9 Å². The molecule has 10 nitrogen and oxygen atoms in total. The summed E-state index contributed by atoms with van der Waals surface area (Å²) in [5, 5.41) is 3.51. The second kappa shape index (κ2) is 7.62. The molecule has 4 rings (SSSR count). The summed E-state index contributed by atoms with van der Waals surface area (Å²) in [6.45, 7) is 0.123. The smallest absolute Gasteiger partial charge is 0.350 e. The number of nitrogens with one attached hydrogen (secondary N) is 1. The molecule has 2 fully saturated rings. The highest BCUT2D eigenvalue weighted by Gasteiger charge is 2.30. The van der Waals surface area contributed by atoms with E-state index in [9.17, 15) is 4.57 Å². The Balaban J connectivity index is 1.47. The van der Waals surface area contributed by atoms with Gasteiger partial charge < -0.3 is 24.6 Å². The van der Waals surface area contributed by atoms with Gasteiger partial charge in [0.1, 0.15) is 12.6 Å². The highest BCUT2D eigenvalue weighted by atomic mass is 35.5. The quantitative estimate of drug-likeness (QED) is 0.458. The van der Waals surface area contributed by atoms with Crippen LogP contribution in [0.4, 0.5) is 5.82 Å². The van der Waals surface area contributed by atoms with E-state index in [-0.39, 0.29) is 24.2 Å². The minimum absolute atomic E-state index is 0.123. The van der Waals surface area contributed by atoms with Crippen molar-refractivity contribution in [3.63, 3.8) is 0 Å². The number of nitrogens with zero attached hydrogens (tertiary/aromatic N) is 4. The molecule has 0 aromatic carbocycles. The predicted molar refractivity (Wildman–Crippen MR) is 97.6 cm³/mol. The Morgan fingerprint density at radius 2 is 2.15 bits per heavy atom. The number of ether oxygens (including phenoxy) is 2. The van der Waals surface area contributed by atoms with E-state index in [1.165, 1.54) is 6.42 Å². The minimum Gasteiger partial charge on any atom is -0.366 e. The van der Waals surface area contributed by atoms with Crippen LogP contribution in [0.2, 0.25) is 5.28 Å². The molecular formula is C15H21ClN5O5P. The Hall–Kier alpha value is -1.29. The maximum Gasteiger partial charge on any atom is 0.350 e. The zero-order valence-corrected chi connectivity index (χ0v) is 16.1. The van der Waals surface area contributed by atoms with Crippen molar-refractivity contribution in [1.29, 1.82) is 0 Å². The summed E-state index contributed by atoms with van der Waals surface area (Å²) in [7, 11) is -4.17. The monoisotopic (exact) mass is 417 g/mol. The van der Waals surface area contributed by atoms with E-state index in [2.05, 4.69) is 20.3 Å². The predicted octanol–water partition coefficient (Wildman–Crippen LogP) is 2.27. The van der Waals surface area contributed by atoms with Crippen molar-refractivity contribution in [2.45, 2.75) is 50.5 Å². The van der Waals surface area contributed by atoms with Crippen LogP contribution in [-0.2, 0) is 14.0 Å². The molecule has 1 unspecified atom stereocenters. The standard InChI is InChI=1S/C15H21ClN5O5P/c16-15-19-13(18-9-2-1-3-9)12-14(20-15)21(7-17-12)11-5-4-10(26-11)6-25-8-27(22,23)24/h7,9-11H,1-6,8H2,(H,18,19,20)(H2,22,23,24)/t10-,11?/m0/s1. The Kier molecular flexibility index (Phi) is 5.37. The van der Waals surface area contributed by atoms with E-state index >= 15 is 0 Å². The van der Waals surface area contributed by atoms with Crippen LogP contribution in [0.1, 0.15) is 38.3 Å². The third-order valence-corrected chi connectivity index (χ3v) is 5.49. The SMILES string of the molecule is O=P(O)(O)COC[C@@H]1CCC(n2cnc3c(NC4CCC4)nc(Cl)nc32)O1. The third kappa shape index (κ3) is 4.42. The molecule has 2 atom stereocenters. The number of halogens is 1. The van der Waals surface area contributed by atoms with Gasteiger partial charge in [0.2, 0.25) is 5.28 Å². The van der Waals surface area contributed by atoms with Crippen molar-refractivity contribution >= 4 is 36.2 Å². The zero-order chi connectivity index (χ0) is 19.0. The molecule has 2 aromatic heterocycles. The summed E-state index contributed by atoms with van der Waals surface area (Å²) in [5.74, 6) is 0.632. The largest absolute Gasteiger partial charge is 0.366 e. The van der Waals surface area contributed by atoms with Gasteiger partial charge in [-0.2, -0.15) is 9.97 Å². The van der Waals surface area contributed by atoms with Crippen LogP contribution in [0.15, 0.2) is 6.33 Å². The first-order valence-electron chi connectivity index (χ1n) is 8.83. The molecule has 2 aromatic rings. The summed E-state index contributed by atoms with van der Waals surface area (Å²) in [6, 6.07) is 0.391. The molecule has 1 aliphatic heterocycles. The molecule has 1 saturated heterocycles. The van der Waals surface area contributed by atoms with Crippen LogP contribution in [0.3, 0.4) is 0 Å². The lowest BCUT2D eigenvalue weighted by atomic mass is 9.93. The number of rotatable bonds is 7. The van der Waals surface area contributed by atoms with Gasteiger partial charge in [0.15, 0.2) is 17.0 Å². The van der Waals surface area contributed by atoms with Crippen LogP contribution < -0.4 is 5.32 Å². The van der Waals surface area contributed by atoms with E-state index in [0.29, 0.717) is 35.9 Å². The van der Waals surface area contributed by atoms with Crippen LogP contribution >= 0.6 is 19.2 Å². The van der Waals surface area contributed by atoms with Gasteiger partial charge in [0, 0.05) is 6.04 Å². The Morgan fingerprint density at radius 3 is 2.85 bits per heavy atom. The molecule has 12 heteroatoms. The van der Waals surface area contributed by atoms with E-state index in [0.717, 1.165) is 12.8 Å². The van der Waals surface area contributed by atoms with E-state index < -0.39 is 13.9 Å². The molecule has 0 amide bonds. The molecule has 3 N–H and O–H groups in total. The molecule has 27 heavy (non-hydrogen) atoms. The van der Waals surface area contributed by atoms with Gasteiger partial charge in [-0.1, -0.05) is 0 Å². The molecule has 3 heterocycles. The van der Waals surface area contributed by atoms with E-state index in [1.807, 2.05) is 4.57 Å². The third-order valence-electron chi connectivity index (χ3n) is 4.80. The molecular weight excluding hydrogens is 397 g/mol. The number of imidazole rings is 1. The lowest BCUT2D eigenvalue weighted by molar-refractivity contribution is -0.0344. The maximum absolute atomic E-state index is 10.9. The number of hydrogen-bond donors (Lipinski definition) is 3. The second-order valence-electron chi connectivity index (χ2n) is 6.89. The molecule has 1 aliphatic carbocycles. The fourth-order valence-corrected chi connectivity index (χ4v) is 3.77. The molecule has 2 aliphatic rings. The topological polar surface area (TPSA) is 132 Å². The first-order valence-corrected chi connectivity index (χ1v) is 11.0. The summed E-state index contributed by atoms with van der Waals surface area (Å²) in [6.07, 6.45) is 5.34. The number of hydrogen-bond acceptors (Lipinski definition) is 7. The Bertz CT molecular complexity index is 870. The normalized spacial score (nSPS) is 23.7. The van der Waals surface area contributed by atoms with Crippen molar-refractivity contribution < 1.29 is 23.8 Å². The van der Waals surface area contributed by atoms with Crippen molar-refractivity contribution in [1.82, 2.24) is 19.5 Å². The van der Waals surface area contributed by atoms with Crippen molar-refractivity contribution in [3.8, 4) is 0 Å². The van der Waals surface area contributed by atoms with Crippen LogP contribution in [-0.4, -0.2) is 54.4 Å². The maximum atomic E-state index is 10.9. The van der Waals surface area contributed by atoms with Gasteiger partial charge in [-0.3, -0.25) is 9.13 Å². The average Bonchev–Trinajstić information content (AvgIpc) is 3.16. The van der Waals surface area contributed by atoms with Gasteiger partial charge in [-0.25, -0.2) is 4.98 Å². The van der Waals surface area contributed by atoms with Gasteiger partial charge in [-0.15, -0.1) is 0 Å². The summed E-state index contributed by atoms with van der Waals surface area (Å²) >= 11 is 6.11. The number of aromatic nitrogens is 4. The van der Waals surface area contributed by atoms with Crippen molar-refractivity contribution in [3.05, 3.63) is 11.6 Å². The molecule has 148 valence electrons. The van der Waals surface area contributed by atoms with Gasteiger partial charge >= 0.3 is 7.60 Å². The second-order valence-corrected chi connectivity index (χ2v) is 8.82. The first-order chi connectivity index (χ1) is 12.9. The van der Waals surface area contributed by atoms with Crippen LogP contribution in [0.25, 0.3) is 11.2 Å². The fraction of sp³-hybridized carbons (Fsp3) is 0.667. The summed E-state index contributed by atoms with van der Waals surface area (Å²) < 4.78 is 23.7. The van der Waals surface area contributed by atoms with Crippen molar-refractivity contribution in [2.75, 3.05) is 18.3 Å². The fourth-order valence-electron chi connectivity index (χ4n) is 3.26. The number of anilines is 1. The van der Waals surface area contributed by atoms with Gasteiger partial charge in [0.05, 0.1) is 19.0 Å². The molecule has 1 saturated carbocycles. The summed E-state index contributed by atoms with van der Waals surface area (Å²) in [4.78, 5) is 30.7. The van der Waals surface area contributed by atoms with Gasteiger partial charge in [0.25, 0.3) is 0 Å².